The third-order valence-corrected chi connectivity index (χ3v) is 2.38. The van der Waals surface area contributed by atoms with Crippen molar-refractivity contribution in [3.05, 3.63) is 36.5 Å². The molecule has 28 heavy (non-hydrogen) atoms. The van der Waals surface area contributed by atoms with Gasteiger partial charge in [0.2, 0.25) is 0 Å². The number of carboxylic acids is 3. The van der Waals surface area contributed by atoms with E-state index in [1.165, 1.54) is 20.8 Å². The highest BCUT2D eigenvalue weighted by atomic mass is 28.1. The second-order valence-corrected chi connectivity index (χ2v) is 5.35. The maximum absolute atomic E-state index is 9.60. The van der Waals surface area contributed by atoms with E-state index in [0.29, 0.717) is 12.8 Å². The number of rotatable bonds is 8. The molecular formula is C18H36O9Si. The lowest BCUT2D eigenvalue weighted by Crippen LogP contribution is -2.11. The molecule has 0 aromatic carbocycles. The van der Waals surface area contributed by atoms with Crippen molar-refractivity contribution >= 4 is 28.9 Å². The Morgan fingerprint density at radius 1 is 0.714 bits per heavy atom. The normalized spacial score (nSPS) is 8.25. The van der Waals surface area contributed by atoms with E-state index in [1.54, 1.807) is 0 Å². The number of aliphatic carboxylic acids is 3. The first-order chi connectivity index (χ1) is 12.3. The van der Waals surface area contributed by atoms with E-state index in [1.807, 2.05) is 0 Å². The first-order valence-electron chi connectivity index (χ1n) is 7.77. The fourth-order valence-corrected chi connectivity index (χ4v) is 0.620. The lowest BCUT2D eigenvalue weighted by molar-refractivity contribution is -0.133. The van der Waals surface area contributed by atoms with Crippen LogP contribution in [0.3, 0.4) is 0 Å². The van der Waals surface area contributed by atoms with Crippen molar-refractivity contribution in [3.63, 3.8) is 0 Å². The predicted molar refractivity (Wildman–Crippen MR) is 113 cm³/mol. The zero-order valence-electron chi connectivity index (χ0n) is 16.1. The Morgan fingerprint density at radius 2 is 0.929 bits per heavy atom. The SMILES string of the molecule is C=C(C)C(=O)O.C=C(C)C(=O)O.C=C(C)C(=O)O.OCCCC(CO)CO.[SiH4]. The van der Waals surface area contributed by atoms with E-state index >= 15 is 0 Å². The van der Waals surface area contributed by atoms with E-state index in [-0.39, 0.29) is 53.4 Å². The molecule has 9 nitrogen and oxygen atoms in total. The zero-order valence-corrected chi connectivity index (χ0v) is 16.1. The first-order valence-corrected chi connectivity index (χ1v) is 7.77. The molecule has 166 valence electrons. The minimum Gasteiger partial charge on any atom is -0.478 e. The minimum absolute atomic E-state index is 0. The van der Waals surface area contributed by atoms with Gasteiger partial charge in [0.1, 0.15) is 0 Å². The van der Waals surface area contributed by atoms with Gasteiger partial charge in [-0.2, -0.15) is 0 Å². The Kier molecular flexibility index (Phi) is 32.3. The van der Waals surface area contributed by atoms with Crippen LogP contribution in [0.2, 0.25) is 0 Å². The van der Waals surface area contributed by atoms with Gasteiger partial charge in [-0.1, -0.05) is 19.7 Å². The Hall–Kier alpha value is -2.27. The Bertz CT molecular complexity index is 390. The number of aliphatic hydroxyl groups excluding tert-OH is 3. The lowest BCUT2D eigenvalue weighted by atomic mass is 10.1. The third kappa shape index (κ3) is 39.0. The molecule has 0 amide bonds. The summed E-state index contributed by atoms with van der Waals surface area (Å²) in [6.45, 7) is 14.0. The minimum atomic E-state index is -0.935. The number of aliphatic hydroxyl groups is 3. The van der Waals surface area contributed by atoms with Crippen molar-refractivity contribution < 1.29 is 45.0 Å². The molecule has 0 bridgehead atoms. The maximum Gasteiger partial charge on any atom is 0.330 e. The van der Waals surface area contributed by atoms with Gasteiger partial charge in [0.25, 0.3) is 0 Å². The average molecular weight is 425 g/mol. The molecule has 10 heteroatoms. The molecule has 0 fully saturated rings. The van der Waals surface area contributed by atoms with Crippen molar-refractivity contribution in [1.82, 2.24) is 0 Å². The fraction of sp³-hybridized carbons (Fsp3) is 0.500. The Balaban J connectivity index is -0.0000000846. The molecule has 0 aromatic rings. The van der Waals surface area contributed by atoms with Gasteiger partial charge in [-0.05, 0) is 44.6 Å². The summed E-state index contributed by atoms with van der Waals surface area (Å²) in [7, 11) is 0. The molecule has 0 saturated heterocycles. The van der Waals surface area contributed by atoms with Gasteiger partial charge in [0.05, 0.1) is 0 Å². The van der Waals surface area contributed by atoms with E-state index in [0.717, 1.165) is 0 Å². The molecule has 0 heterocycles. The summed E-state index contributed by atoms with van der Waals surface area (Å²) >= 11 is 0. The van der Waals surface area contributed by atoms with E-state index < -0.39 is 17.9 Å². The summed E-state index contributed by atoms with van der Waals surface area (Å²) in [5, 5.41) is 49.0. The standard InChI is InChI=1S/C6H14O3.3C4H6O2.H4Si/c7-3-1-2-6(4-8)5-9;3*1-3(2)4(5)6;/h6-9H,1-5H2;3*1H2,2H3,(H,5,6);1H4. The summed E-state index contributed by atoms with van der Waals surface area (Å²) in [6.07, 6.45) is 1.36. The van der Waals surface area contributed by atoms with Crippen LogP contribution in [-0.4, -0.2) is 79.3 Å². The third-order valence-electron chi connectivity index (χ3n) is 2.38. The number of carboxylic acid groups (broad SMARTS) is 3. The van der Waals surface area contributed by atoms with Crippen LogP contribution >= 0.6 is 0 Å². The summed E-state index contributed by atoms with van der Waals surface area (Å²) in [5.74, 6) is -2.85. The van der Waals surface area contributed by atoms with Gasteiger partial charge >= 0.3 is 17.9 Å². The van der Waals surface area contributed by atoms with Crippen molar-refractivity contribution in [3.8, 4) is 0 Å². The second-order valence-electron chi connectivity index (χ2n) is 5.35. The van der Waals surface area contributed by atoms with Gasteiger partial charge in [-0.15, -0.1) is 0 Å². The highest BCUT2D eigenvalue weighted by molar-refractivity contribution is 5.85. The average Bonchev–Trinajstić information content (AvgIpc) is 2.57. The van der Waals surface area contributed by atoms with Crippen LogP contribution in [0.25, 0.3) is 0 Å². The predicted octanol–water partition coefficient (Wildman–Crippen LogP) is -0.151. The van der Waals surface area contributed by atoms with Crippen molar-refractivity contribution in [1.29, 1.82) is 0 Å². The highest BCUT2D eigenvalue weighted by Gasteiger charge is 2.03. The summed E-state index contributed by atoms with van der Waals surface area (Å²) in [4.78, 5) is 28.8. The molecule has 0 saturated carbocycles. The molecule has 0 spiro atoms. The first kappa shape index (κ1) is 36.6. The van der Waals surface area contributed by atoms with Gasteiger partial charge in [0.15, 0.2) is 0 Å². The molecule has 0 unspecified atom stereocenters. The number of carbonyl (C=O) groups is 3. The highest BCUT2D eigenvalue weighted by Crippen LogP contribution is 2.02. The van der Waals surface area contributed by atoms with E-state index in [4.69, 9.17) is 30.6 Å². The Labute approximate surface area is 170 Å². The summed E-state index contributed by atoms with van der Waals surface area (Å²) in [5.41, 5.74) is 0.528. The molecule has 0 aromatic heterocycles. The molecule has 6 N–H and O–H groups in total. The maximum atomic E-state index is 9.60. The van der Waals surface area contributed by atoms with Crippen LogP contribution in [0.4, 0.5) is 0 Å². The van der Waals surface area contributed by atoms with Crippen molar-refractivity contribution in [2.45, 2.75) is 33.6 Å². The van der Waals surface area contributed by atoms with Crippen LogP contribution in [0.5, 0.6) is 0 Å². The Morgan fingerprint density at radius 3 is 1.04 bits per heavy atom. The van der Waals surface area contributed by atoms with Crippen molar-refractivity contribution in [2.75, 3.05) is 19.8 Å². The molecule has 0 aliphatic heterocycles. The topological polar surface area (TPSA) is 173 Å². The molecule has 0 aliphatic carbocycles. The molecule has 0 atom stereocenters. The second kappa shape index (κ2) is 24.7. The summed E-state index contributed by atoms with van der Waals surface area (Å²) in [6, 6.07) is 0. The smallest absolute Gasteiger partial charge is 0.330 e. The molecule has 0 radical (unpaired) electrons. The van der Waals surface area contributed by atoms with Gasteiger partial charge in [-0.3, -0.25) is 0 Å². The largest absolute Gasteiger partial charge is 0.478 e. The van der Waals surface area contributed by atoms with E-state index in [2.05, 4.69) is 19.7 Å². The number of hydrogen-bond acceptors (Lipinski definition) is 6. The summed E-state index contributed by atoms with van der Waals surface area (Å²) < 4.78 is 0. The van der Waals surface area contributed by atoms with Crippen LogP contribution in [0, 0.1) is 5.92 Å². The molecular weight excluding hydrogens is 388 g/mol. The zero-order chi connectivity index (χ0) is 22.6. The van der Waals surface area contributed by atoms with Crippen LogP contribution < -0.4 is 0 Å². The quantitative estimate of drug-likeness (QED) is 0.229. The lowest BCUT2D eigenvalue weighted by Gasteiger charge is -2.07. The van der Waals surface area contributed by atoms with Gasteiger partial charge < -0.3 is 30.6 Å². The van der Waals surface area contributed by atoms with E-state index in [9.17, 15) is 14.4 Å². The van der Waals surface area contributed by atoms with Crippen LogP contribution in [0.15, 0.2) is 36.5 Å². The molecule has 0 aliphatic rings. The van der Waals surface area contributed by atoms with Crippen LogP contribution in [-0.2, 0) is 14.4 Å². The van der Waals surface area contributed by atoms with Gasteiger partial charge in [-0.25, -0.2) is 14.4 Å². The number of hydrogen-bond donors (Lipinski definition) is 6. The monoisotopic (exact) mass is 424 g/mol. The van der Waals surface area contributed by atoms with Crippen molar-refractivity contribution in [2.24, 2.45) is 5.92 Å². The van der Waals surface area contributed by atoms with Crippen LogP contribution in [0.1, 0.15) is 33.6 Å². The van der Waals surface area contributed by atoms with Gasteiger partial charge in [0, 0.05) is 42.5 Å². The fourth-order valence-electron chi connectivity index (χ4n) is 0.620. The molecule has 0 rings (SSSR count).